The molecule has 5 nitrogen and oxygen atoms in total. The van der Waals surface area contributed by atoms with Gasteiger partial charge in [-0.2, -0.15) is 0 Å². The van der Waals surface area contributed by atoms with Gasteiger partial charge >= 0.3 is 6.09 Å². The summed E-state index contributed by atoms with van der Waals surface area (Å²) in [6.45, 7) is 8.01. The van der Waals surface area contributed by atoms with Crippen molar-refractivity contribution in [1.29, 1.82) is 0 Å². The molecule has 0 aromatic heterocycles. The number of anilines is 1. The topological polar surface area (TPSA) is 44.8 Å². The molecule has 1 unspecified atom stereocenters. The molecule has 1 aromatic carbocycles. The summed E-state index contributed by atoms with van der Waals surface area (Å²) >= 11 is 0. The highest BCUT2D eigenvalue weighted by molar-refractivity contribution is 5.68. The van der Waals surface area contributed by atoms with Crippen LogP contribution in [0.4, 0.5) is 10.5 Å². The minimum atomic E-state index is -0.444. The quantitative estimate of drug-likeness (QED) is 0.926. The molecule has 1 fully saturated rings. The Morgan fingerprint density at radius 1 is 1.35 bits per heavy atom. The van der Waals surface area contributed by atoms with Crippen molar-refractivity contribution in [3.05, 3.63) is 29.8 Å². The molecule has 5 heteroatoms. The van der Waals surface area contributed by atoms with E-state index in [1.807, 2.05) is 26.8 Å². The number of nitrogens with zero attached hydrogens (tertiary/aromatic N) is 2. The van der Waals surface area contributed by atoms with Gasteiger partial charge in [0.1, 0.15) is 5.60 Å². The molecule has 0 aliphatic carbocycles. The number of ether oxygens (including phenoxy) is 1. The van der Waals surface area contributed by atoms with Crippen molar-refractivity contribution in [3.63, 3.8) is 0 Å². The van der Waals surface area contributed by atoms with E-state index in [0.717, 1.165) is 25.2 Å². The molecule has 128 valence electrons. The molecule has 1 aliphatic heterocycles. The Hall–Kier alpha value is -1.75. The van der Waals surface area contributed by atoms with Crippen molar-refractivity contribution in [2.24, 2.45) is 0 Å². The Labute approximate surface area is 139 Å². The first kappa shape index (κ1) is 17.6. The summed E-state index contributed by atoms with van der Waals surface area (Å²) in [4.78, 5) is 16.1. The van der Waals surface area contributed by atoms with Crippen LogP contribution in [-0.4, -0.2) is 54.7 Å². The summed E-state index contributed by atoms with van der Waals surface area (Å²) in [6, 6.07) is 8.62. The Morgan fingerprint density at radius 3 is 2.70 bits per heavy atom. The highest BCUT2D eigenvalue weighted by atomic mass is 16.6. The van der Waals surface area contributed by atoms with E-state index in [1.165, 1.54) is 5.56 Å². The van der Waals surface area contributed by atoms with Crippen LogP contribution in [0.1, 0.15) is 32.8 Å². The number of carbonyl (C=O) groups excluding carboxylic acids is 1. The maximum absolute atomic E-state index is 12.1. The van der Waals surface area contributed by atoms with Gasteiger partial charge in [0.2, 0.25) is 0 Å². The molecule has 23 heavy (non-hydrogen) atoms. The zero-order valence-electron chi connectivity index (χ0n) is 14.9. The highest BCUT2D eigenvalue weighted by Crippen LogP contribution is 2.22. The van der Waals surface area contributed by atoms with E-state index in [9.17, 15) is 4.79 Å². The molecule has 1 amide bonds. The van der Waals surface area contributed by atoms with Crippen LogP contribution < -0.4 is 5.32 Å². The molecule has 0 spiro atoms. The molecule has 1 atom stereocenters. The van der Waals surface area contributed by atoms with Gasteiger partial charge in [-0.05, 0) is 52.9 Å². The number of benzene rings is 1. The fraction of sp³-hybridized carbons (Fsp3) is 0.611. The van der Waals surface area contributed by atoms with Crippen LogP contribution in [0.2, 0.25) is 0 Å². The predicted octanol–water partition coefficient (Wildman–Crippen LogP) is 3.17. The Morgan fingerprint density at radius 2 is 2.04 bits per heavy atom. The lowest BCUT2D eigenvalue weighted by Crippen LogP contribution is -2.36. The maximum atomic E-state index is 12.1. The molecule has 1 N–H and O–H groups in total. The number of rotatable bonds is 4. The molecule has 1 aromatic rings. The van der Waals surface area contributed by atoms with Crippen LogP contribution >= 0.6 is 0 Å². The third-order valence-electron chi connectivity index (χ3n) is 3.70. The van der Waals surface area contributed by atoms with Crippen LogP contribution in [0.5, 0.6) is 0 Å². The first-order valence-electron chi connectivity index (χ1n) is 8.22. The van der Waals surface area contributed by atoms with Gasteiger partial charge in [-0.1, -0.05) is 18.2 Å². The third kappa shape index (κ3) is 5.43. The van der Waals surface area contributed by atoms with Gasteiger partial charge in [0.05, 0.1) is 0 Å². The zero-order valence-corrected chi connectivity index (χ0v) is 14.9. The van der Waals surface area contributed by atoms with E-state index < -0.39 is 5.60 Å². The van der Waals surface area contributed by atoms with Crippen molar-refractivity contribution in [1.82, 2.24) is 9.80 Å². The largest absolute Gasteiger partial charge is 0.444 e. The molecule has 0 bridgehead atoms. The number of hydrogen-bond donors (Lipinski definition) is 1. The molecular formula is C18H29N3O2. The van der Waals surface area contributed by atoms with E-state index >= 15 is 0 Å². The molecular weight excluding hydrogens is 290 g/mol. The van der Waals surface area contributed by atoms with Crippen molar-refractivity contribution in [2.45, 2.75) is 45.4 Å². The second-order valence-electron chi connectivity index (χ2n) is 7.45. The molecule has 1 heterocycles. The number of likely N-dealkylation sites (tertiary alicyclic amines) is 1. The van der Waals surface area contributed by atoms with Gasteiger partial charge in [-0.25, -0.2) is 4.79 Å². The number of nitrogens with one attached hydrogen (secondary N) is 1. The average molecular weight is 319 g/mol. The summed E-state index contributed by atoms with van der Waals surface area (Å²) in [6.07, 6.45) is 0.721. The van der Waals surface area contributed by atoms with Gasteiger partial charge in [-0.3, -0.25) is 0 Å². The Kier molecular flexibility index (Phi) is 5.52. The molecule has 1 aliphatic rings. The van der Waals surface area contributed by atoms with Crippen molar-refractivity contribution < 1.29 is 9.53 Å². The first-order valence-corrected chi connectivity index (χ1v) is 8.22. The summed E-state index contributed by atoms with van der Waals surface area (Å²) in [5, 5.41) is 3.59. The normalized spacial score (nSPS) is 18.3. The summed E-state index contributed by atoms with van der Waals surface area (Å²) in [5.74, 6) is 0. The van der Waals surface area contributed by atoms with Crippen molar-refractivity contribution >= 4 is 11.8 Å². The average Bonchev–Trinajstić information content (AvgIpc) is 2.87. The summed E-state index contributed by atoms with van der Waals surface area (Å²) in [7, 11) is 4.13. The van der Waals surface area contributed by atoms with Crippen molar-refractivity contribution in [3.8, 4) is 0 Å². The minimum Gasteiger partial charge on any atom is -0.444 e. The summed E-state index contributed by atoms with van der Waals surface area (Å²) in [5.41, 5.74) is 1.98. The standard InChI is InChI=1S/C18H29N3O2/c1-18(2,3)23-17(22)21-11-10-15(13-21)19-16-9-7-6-8-14(16)12-20(4)5/h6-9,15,19H,10-13H2,1-5H3. The van der Waals surface area contributed by atoms with E-state index in [1.54, 1.807) is 4.90 Å². The number of hydrogen-bond acceptors (Lipinski definition) is 4. The van der Waals surface area contributed by atoms with Crippen LogP contribution in [0.3, 0.4) is 0 Å². The van der Waals surface area contributed by atoms with Gasteiger partial charge in [0, 0.05) is 31.4 Å². The SMILES string of the molecule is CN(C)Cc1ccccc1NC1CCN(C(=O)OC(C)(C)C)C1. The molecule has 0 radical (unpaired) electrons. The van der Waals surface area contributed by atoms with Gasteiger partial charge in [0.25, 0.3) is 0 Å². The van der Waals surface area contributed by atoms with E-state index in [2.05, 4.69) is 42.5 Å². The first-order chi connectivity index (χ1) is 10.7. The van der Waals surface area contributed by atoms with E-state index in [-0.39, 0.29) is 12.1 Å². The lowest BCUT2D eigenvalue weighted by molar-refractivity contribution is 0.0293. The summed E-state index contributed by atoms with van der Waals surface area (Å²) < 4.78 is 5.45. The predicted molar refractivity (Wildman–Crippen MR) is 93.7 cm³/mol. The lowest BCUT2D eigenvalue weighted by atomic mass is 10.1. The number of para-hydroxylation sites is 1. The number of carbonyl (C=O) groups is 1. The Bertz CT molecular complexity index is 537. The molecule has 2 rings (SSSR count). The van der Waals surface area contributed by atoms with Crippen LogP contribution in [0, 0.1) is 0 Å². The zero-order chi connectivity index (χ0) is 17.0. The van der Waals surface area contributed by atoms with Crippen LogP contribution in [-0.2, 0) is 11.3 Å². The highest BCUT2D eigenvalue weighted by Gasteiger charge is 2.29. The van der Waals surface area contributed by atoms with E-state index in [0.29, 0.717) is 6.54 Å². The molecule has 0 saturated carbocycles. The second-order valence-corrected chi connectivity index (χ2v) is 7.45. The van der Waals surface area contributed by atoms with Crippen LogP contribution in [0.25, 0.3) is 0 Å². The third-order valence-corrected chi connectivity index (χ3v) is 3.70. The van der Waals surface area contributed by atoms with Gasteiger partial charge in [0.15, 0.2) is 0 Å². The lowest BCUT2D eigenvalue weighted by Gasteiger charge is -2.24. The van der Waals surface area contributed by atoms with E-state index in [4.69, 9.17) is 4.74 Å². The van der Waals surface area contributed by atoms with Crippen molar-refractivity contribution in [2.75, 3.05) is 32.5 Å². The van der Waals surface area contributed by atoms with Gasteiger partial charge < -0.3 is 19.9 Å². The fourth-order valence-corrected chi connectivity index (χ4v) is 2.73. The Balaban J connectivity index is 1.95. The van der Waals surface area contributed by atoms with Gasteiger partial charge in [-0.15, -0.1) is 0 Å². The smallest absolute Gasteiger partial charge is 0.410 e. The minimum absolute atomic E-state index is 0.219. The fourth-order valence-electron chi connectivity index (χ4n) is 2.73. The van der Waals surface area contributed by atoms with Crippen LogP contribution in [0.15, 0.2) is 24.3 Å². The monoisotopic (exact) mass is 319 g/mol. The maximum Gasteiger partial charge on any atom is 0.410 e. The molecule has 1 saturated heterocycles. The number of amides is 1. The second kappa shape index (κ2) is 7.21.